The fraction of sp³-hybridized carbons (Fsp3) is 0.348. The van der Waals surface area contributed by atoms with E-state index in [2.05, 4.69) is 11.1 Å². The molecule has 1 fully saturated rings. The summed E-state index contributed by atoms with van der Waals surface area (Å²) in [7, 11) is 4.53. The number of nitrogens with two attached hydrogens (primary N) is 2. The van der Waals surface area contributed by atoms with Crippen molar-refractivity contribution in [3.63, 3.8) is 0 Å². The quantitative estimate of drug-likeness (QED) is 0.580. The average molecular weight is 468 g/mol. The molecule has 33 heavy (non-hydrogen) atoms. The molecule has 2 aromatic heterocycles. The highest BCUT2D eigenvalue weighted by molar-refractivity contribution is 7.21. The number of hydrogen-bond donors (Lipinski definition) is 2. The molecule has 1 aromatic carbocycles. The Morgan fingerprint density at radius 2 is 1.73 bits per heavy atom. The number of thiophene rings is 1. The first kappa shape index (κ1) is 22.5. The molecule has 3 aromatic rings. The topological polar surface area (TPSA) is 137 Å². The summed E-state index contributed by atoms with van der Waals surface area (Å²) in [5.74, 6) is 1.19. The summed E-state index contributed by atoms with van der Waals surface area (Å²) in [6.45, 7) is 1.40. The van der Waals surface area contributed by atoms with Gasteiger partial charge in [-0.15, -0.1) is 11.3 Å². The Labute approximate surface area is 195 Å². The van der Waals surface area contributed by atoms with Crippen LogP contribution in [0, 0.1) is 11.3 Å². The van der Waals surface area contributed by atoms with E-state index in [1.165, 1.54) is 32.7 Å². The summed E-state index contributed by atoms with van der Waals surface area (Å²) < 4.78 is 16.4. The van der Waals surface area contributed by atoms with Gasteiger partial charge in [0, 0.05) is 24.0 Å². The van der Waals surface area contributed by atoms with Gasteiger partial charge in [0.15, 0.2) is 11.5 Å². The Hall–Kier alpha value is -3.71. The number of anilines is 2. The van der Waals surface area contributed by atoms with Gasteiger partial charge in [0.05, 0.1) is 27.0 Å². The first-order valence-electron chi connectivity index (χ1n) is 10.5. The zero-order valence-corrected chi connectivity index (χ0v) is 19.5. The molecule has 4 rings (SSSR count). The summed E-state index contributed by atoms with van der Waals surface area (Å²) in [5, 5.41) is 10.4. The van der Waals surface area contributed by atoms with E-state index in [1.807, 2.05) is 4.90 Å². The molecule has 0 saturated carbocycles. The average Bonchev–Trinajstić information content (AvgIpc) is 3.17. The number of carbonyl (C=O) groups excluding carboxylic acids is 1. The van der Waals surface area contributed by atoms with Gasteiger partial charge in [0.25, 0.3) is 5.91 Å². The fourth-order valence-electron chi connectivity index (χ4n) is 4.20. The van der Waals surface area contributed by atoms with E-state index in [1.54, 1.807) is 12.1 Å². The molecule has 1 aliphatic rings. The molecule has 172 valence electrons. The third-order valence-electron chi connectivity index (χ3n) is 5.81. The molecule has 0 spiro atoms. The van der Waals surface area contributed by atoms with Crippen LogP contribution in [0.3, 0.4) is 0 Å². The highest BCUT2D eigenvalue weighted by Crippen LogP contribution is 2.47. The van der Waals surface area contributed by atoms with E-state index in [0.29, 0.717) is 62.2 Å². The van der Waals surface area contributed by atoms with Crippen molar-refractivity contribution >= 4 is 39.0 Å². The van der Waals surface area contributed by atoms with E-state index in [0.717, 1.165) is 19.3 Å². The Balaban J connectivity index is 1.99. The summed E-state index contributed by atoms with van der Waals surface area (Å²) >= 11 is 1.19. The van der Waals surface area contributed by atoms with Crippen LogP contribution in [0.15, 0.2) is 12.1 Å². The van der Waals surface area contributed by atoms with Crippen LogP contribution in [-0.2, 0) is 0 Å². The maximum Gasteiger partial charge on any atom is 0.266 e. The number of ether oxygens (including phenoxy) is 3. The van der Waals surface area contributed by atoms with Gasteiger partial charge in [-0.3, -0.25) is 4.79 Å². The number of nitrogens with zero attached hydrogens (tertiary/aromatic N) is 3. The van der Waals surface area contributed by atoms with E-state index >= 15 is 0 Å². The maximum absolute atomic E-state index is 13.2. The van der Waals surface area contributed by atoms with Gasteiger partial charge in [-0.05, 0) is 37.0 Å². The Morgan fingerprint density at radius 3 is 2.27 bits per heavy atom. The second kappa shape index (κ2) is 9.03. The SMILES string of the molecule is COc1cc(-c2c(C#N)c(N)nc3sc(C(=O)N4CCCCC4)c(N)c23)cc(OC)c1OC. The highest BCUT2D eigenvalue weighted by atomic mass is 32.1. The monoisotopic (exact) mass is 467 g/mol. The number of nitrogen functional groups attached to an aromatic ring is 2. The van der Waals surface area contributed by atoms with Crippen molar-refractivity contribution in [1.29, 1.82) is 5.26 Å². The zero-order valence-electron chi connectivity index (χ0n) is 18.7. The van der Waals surface area contributed by atoms with Crippen molar-refractivity contribution in [2.24, 2.45) is 0 Å². The number of rotatable bonds is 5. The lowest BCUT2D eigenvalue weighted by Gasteiger charge is -2.26. The summed E-state index contributed by atoms with van der Waals surface area (Å²) in [5.41, 5.74) is 14.2. The maximum atomic E-state index is 13.2. The van der Waals surface area contributed by atoms with Crippen molar-refractivity contribution in [3.05, 3.63) is 22.6 Å². The third kappa shape index (κ3) is 3.74. The molecule has 0 radical (unpaired) electrons. The number of nitriles is 1. The van der Waals surface area contributed by atoms with Crippen molar-refractivity contribution in [3.8, 4) is 34.4 Å². The summed E-state index contributed by atoms with van der Waals surface area (Å²) in [6.07, 6.45) is 3.05. The minimum Gasteiger partial charge on any atom is -0.493 e. The number of methoxy groups -OCH3 is 3. The molecule has 0 bridgehead atoms. The van der Waals surface area contributed by atoms with E-state index in [9.17, 15) is 10.1 Å². The molecule has 9 nitrogen and oxygen atoms in total. The molecule has 4 N–H and O–H groups in total. The summed E-state index contributed by atoms with van der Waals surface area (Å²) in [6, 6.07) is 5.58. The van der Waals surface area contributed by atoms with Crippen LogP contribution >= 0.6 is 11.3 Å². The van der Waals surface area contributed by atoms with Gasteiger partial charge < -0.3 is 30.6 Å². The number of carbonyl (C=O) groups is 1. The van der Waals surface area contributed by atoms with Gasteiger partial charge >= 0.3 is 0 Å². The normalized spacial score (nSPS) is 13.6. The number of likely N-dealkylation sites (tertiary alicyclic amines) is 1. The van der Waals surface area contributed by atoms with Crippen LogP contribution in [-0.4, -0.2) is 50.2 Å². The number of aromatic nitrogens is 1. The molecule has 10 heteroatoms. The van der Waals surface area contributed by atoms with Crippen molar-refractivity contribution in [2.45, 2.75) is 19.3 Å². The van der Waals surface area contributed by atoms with Crippen molar-refractivity contribution < 1.29 is 19.0 Å². The lowest BCUT2D eigenvalue weighted by atomic mass is 9.96. The van der Waals surface area contributed by atoms with Gasteiger partial charge in [-0.25, -0.2) is 4.98 Å². The first-order valence-corrected chi connectivity index (χ1v) is 11.3. The molecular weight excluding hydrogens is 442 g/mol. The predicted molar refractivity (Wildman–Crippen MR) is 128 cm³/mol. The lowest BCUT2D eigenvalue weighted by molar-refractivity contribution is 0.0730. The second-order valence-corrected chi connectivity index (χ2v) is 8.65. The van der Waals surface area contributed by atoms with Crippen LogP contribution in [0.25, 0.3) is 21.3 Å². The molecule has 0 atom stereocenters. The number of pyridine rings is 1. The Kier molecular flexibility index (Phi) is 6.16. The predicted octanol–water partition coefficient (Wildman–Crippen LogP) is 3.65. The third-order valence-corrected chi connectivity index (χ3v) is 6.89. The number of amides is 1. The zero-order chi connectivity index (χ0) is 23.7. The van der Waals surface area contributed by atoms with Gasteiger partial charge in [0.1, 0.15) is 27.2 Å². The van der Waals surface area contributed by atoms with E-state index in [-0.39, 0.29) is 17.3 Å². The van der Waals surface area contributed by atoms with Crippen molar-refractivity contribution in [2.75, 3.05) is 45.9 Å². The standard InChI is InChI=1S/C23H25N5O4S/c1-30-14-9-12(10-15(31-2)19(14)32-3)16-13(11-24)21(26)27-22-17(16)18(25)20(33-22)23(29)28-7-5-4-6-8-28/h9-10H,4-8,25H2,1-3H3,(H2,26,27). The van der Waals surface area contributed by atoms with Gasteiger partial charge in [-0.2, -0.15) is 5.26 Å². The second-order valence-electron chi connectivity index (χ2n) is 7.65. The number of hydrogen-bond acceptors (Lipinski definition) is 9. The molecule has 0 aliphatic carbocycles. The minimum absolute atomic E-state index is 0.0620. The number of benzene rings is 1. The lowest BCUT2D eigenvalue weighted by Crippen LogP contribution is -2.35. The Bertz CT molecular complexity index is 1250. The largest absolute Gasteiger partial charge is 0.493 e. The van der Waals surface area contributed by atoms with Gasteiger partial charge in [0.2, 0.25) is 5.75 Å². The molecule has 1 amide bonds. The van der Waals surface area contributed by atoms with Crippen LogP contribution < -0.4 is 25.7 Å². The van der Waals surface area contributed by atoms with Crippen LogP contribution in [0.4, 0.5) is 11.5 Å². The molecular formula is C23H25N5O4S. The van der Waals surface area contributed by atoms with E-state index < -0.39 is 0 Å². The Morgan fingerprint density at radius 1 is 1.09 bits per heavy atom. The van der Waals surface area contributed by atoms with Crippen molar-refractivity contribution in [1.82, 2.24) is 9.88 Å². The van der Waals surface area contributed by atoms with Crippen LogP contribution in [0.2, 0.25) is 0 Å². The van der Waals surface area contributed by atoms with Crippen LogP contribution in [0.1, 0.15) is 34.5 Å². The number of fused-ring (bicyclic) bond motifs is 1. The fourth-order valence-corrected chi connectivity index (χ4v) is 5.28. The first-order chi connectivity index (χ1) is 15.9. The molecule has 3 heterocycles. The van der Waals surface area contributed by atoms with Gasteiger partial charge in [-0.1, -0.05) is 0 Å². The molecule has 1 saturated heterocycles. The number of piperidine rings is 1. The van der Waals surface area contributed by atoms with Crippen LogP contribution in [0.5, 0.6) is 17.2 Å². The smallest absolute Gasteiger partial charge is 0.266 e. The molecule has 1 aliphatic heterocycles. The minimum atomic E-state index is -0.122. The molecule has 0 unspecified atom stereocenters. The van der Waals surface area contributed by atoms with E-state index in [4.69, 9.17) is 25.7 Å². The summed E-state index contributed by atoms with van der Waals surface area (Å²) in [4.78, 5) is 20.4. The highest BCUT2D eigenvalue weighted by Gasteiger charge is 2.28.